The minimum atomic E-state index is -0.610. The van der Waals surface area contributed by atoms with Crippen LogP contribution in [0.4, 0.5) is 8.78 Å². The van der Waals surface area contributed by atoms with Crippen molar-refractivity contribution in [2.75, 3.05) is 0 Å². The number of thiophene rings is 1. The van der Waals surface area contributed by atoms with Crippen LogP contribution in [0.2, 0.25) is 0 Å². The van der Waals surface area contributed by atoms with Gasteiger partial charge in [0.15, 0.2) is 0 Å². The van der Waals surface area contributed by atoms with E-state index in [4.69, 9.17) is 5.84 Å². The van der Waals surface area contributed by atoms with Gasteiger partial charge in [0.1, 0.15) is 11.6 Å². The van der Waals surface area contributed by atoms with Gasteiger partial charge in [-0.15, -0.1) is 11.3 Å². The zero-order chi connectivity index (χ0) is 13.3. The maximum absolute atomic E-state index is 13.8. The second kappa shape index (κ2) is 5.44. The predicted octanol–water partition coefficient (Wildman–Crippen LogP) is 3.65. The summed E-state index contributed by atoms with van der Waals surface area (Å²) in [7, 11) is 0. The van der Waals surface area contributed by atoms with Crippen LogP contribution in [0.3, 0.4) is 0 Å². The summed E-state index contributed by atoms with van der Waals surface area (Å²) in [5.74, 6) is 4.33. The van der Waals surface area contributed by atoms with Gasteiger partial charge in [0, 0.05) is 21.0 Å². The number of aryl methyl sites for hydroxylation is 1. The van der Waals surface area contributed by atoms with Crippen molar-refractivity contribution in [3.8, 4) is 0 Å². The molecule has 0 saturated carbocycles. The molecule has 1 heterocycles. The van der Waals surface area contributed by atoms with Gasteiger partial charge in [-0.25, -0.2) is 14.2 Å². The number of hydrogen-bond acceptors (Lipinski definition) is 3. The highest BCUT2D eigenvalue weighted by atomic mass is 79.9. The first kappa shape index (κ1) is 13.6. The molecule has 2 aromatic rings. The smallest absolute Gasteiger partial charge is 0.131 e. The largest absolute Gasteiger partial charge is 0.271 e. The molecule has 1 aromatic carbocycles. The summed E-state index contributed by atoms with van der Waals surface area (Å²) in [6.45, 7) is 1.59. The number of hydrogen-bond donors (Lipinski definition) is 2. The highest BCUT2D eigenvalue weighted by Crippen LogP contribution is 2.34. The van der Waals surface area contributed by atoms with E-state index < -0.39 is 17.7 Å². The highest BCUT2D eigenvalue weighted by Gasteiger charge is 2.21. The predicted molar refractivity (Wildman–Crippen MR) is 72.3 cm³/mol. The summed E-state index contributed by atoms with van der Waals surface area (Å²) in [6.07, 6.45) is 0. The Morgan fingerprint density at radius 3 is 2.61 bits per heavy atom. The molecule has 0 aliphatic carbocycles. The second-order valence-electron chi connectivity index (χ2n) is 3.86. The number of nitrogens with one attached hydrogen (secondary N) is 1. The second-order valence-corrected chi connectivity index (χ2v) is 5.66. The molecule has 1 aromatic heterocycles. The molecule has 1 unspecified atom stereocenters. The van der Waals surface area contributed by atoms with E-state index in [1.165, 1.54) is 17.4 Å². The molecule has 0 fully saturated rings. The van der Waals surface area contributed by atoms with Crippen molar-refractivity contribution in [3.05, 3.63) is 55.7 Å². The Morgan fingerprint density at radius 1 is 1.33 bits per heavy atom. The lowest BCUT2D eigenvalue weighted by atomic mass is 10.0. The summed E-state index contributed by atoms with van der Waals surface area (Å²) < 4.78 is 27.9. The van der Waals surface area contributed by atoms with E-state index in [1.807, 2.05) is 11.4 Å². The quantitative estimate of drug-likeness (QED) is 0.665. The van der Waals surface area contributed by atoms with Crippen molar-refractivity contribution in [2.45, 2.75) is 13.0 Å². The van der Waals surface area contributed by atoms with E-state index >= 15 is 0 Å². The number of rotatable bonds is 3. The lowest BCUT2D eigenvalue weighted by Crippen LogP contribution is -2.29. The van der Waals surface area contributed by atoms with Gasteiger partial charge in [-0.2, -0.15) is 0 Å². The van der Waals surface area contributed by atoms with Crippen molar-refractivity contribution >= 4 is 27.3 Å². The maximum Gasteiger partial charge on any atom is 0.131 e. The lowest BCUT2D eigenvalue weighted by Gasteiger charge is -2.17. The van der Waals surface area contributed by atoms with Gasteiger partial charge >= 0.3 is 0 Å². The standard InChI is InChI=1S/C12H11BrF2N2S/c1-6-4-7(10(15)5-9(6)14)11(17-16)12-8(13)2-3-18-12/h2-5,11,17H,16H2,1H3. The van der Waals surface area contributed by atoms with Crippen molar-refractivity contribution < 1.29 is 8.78 Å². The number of nitrogens with two attached hydrogens (primary N) is 1. The molecule has 0 aliphatic heterocycles. The van der Waals surface area contributed by atoms with Crippen LogP contribution in [0.15, 0.2) is 28.1 Å². The summed E-state index contributed by atoms with van der Waals surface area (Å²) in [5.41, 5.74) is 3.29. The van der Waals surface area contributed by atoms with E-state index in [2.05, 4.69) is 21.4 Å². The van der Waals surface area contributed by atoms with Crippen LogP contribution < -0.4 is 11.3 Å². The SMILES string of the molecule is Cc1cc(C(NN)c2sccc2Br)c(F)cc1F. The van der Waals surface area contributed by atoms with Crippen molar-refractivity contribution in [1.29, 1.82) is 0 Å². The zero-order valence-corrected chi connectivity index (χ0v) is 11.9. The van der Waals surface area contributed by atoms with Gasteiger partial charge in [-0.3, -0.25) is 5.84 Å². The van der Waals surface area contributed by atoms with Gasteiger partial charge in [-0.1, -0.05) is 0 Å². The fourth-order valence-corrected chi connectivity index (χ4v) is 3.40. The zero-order valence-electron chi connectivity index (χ0n) is 9.51. The van der Waals surface area contributed by atoms with Gasteiger partial charge in [0.2, 0.25) is 0 Å². The minimum absolute atomic E-state index is 0.333. The molecule has 6 heteroatoms. The van der Waals surface area contributed by atoms with E-state index in [0.717, 1.165) is 15.4 Å². The first-order chi connectivity index (χ1) is 8.54. The number of benzene rings is 1. The third-order valence-electron chi connectivity index (χ3n) is 2.66. The third-order valence-corrected chi connectivity index (χ3v) is 4.60. The molecule has 0 bridgehead atoms. The topological polar surface area (TPSA) is 38.0 Å². The van der Waals surface area contributed by atoms with Crippen LogP contribution in [0, 0.1) is 18.6 Å². The van der Waals surface area contributed by atoms with Gasteiger partial charge in [0.25, 0.3) is 0 Å². The summed E-state index contributed by atoms with van der Waals surface area (Å²) in [5, 5.41) is 1.87. The summed E-state index contributed by atoms with van der Waals surface area (Å²) in [6, 6.07) is 3.72. The molecule has 2 rings (SSSR count). The fraction of sp³-hybridized carbons (Fsp3) is 0.167. The number of halogens is 3. The van der Waals surface area contributed by atoms with Crippen molar-refractivity contribution in [1.82, 2.24) is 5.43 Å². The van der Waals surface area contributed by atoms with E-state index in [0.29, 0.717) is 11.1 Å². The maximum atomic E-state index is 13.8. The van der Waals surface area contributed by atoms with Crippen LogP contribution in [0.5, 0.6) is 0 Å². The van der Waals surface area contributed by atoms with Crippen LogP contribution in [-0.2, 0) is 0 Å². The van der Waals surface area contributed by atoms with Crippen LogP contribution in [0.1, 0.15) is 22.0 Å². The van der Waals surface area contributed by atoms with Gasteiger partial charge in [0.05, 0.1) is 6.04 Å². The summed E-state index contributed by atoms with van der Waals surface area (Å²) >= 11 is 4.83. The average Bonchev–Trinajstić information content (AvgIpc) is 2.73. The van der Waals surface area contributed by atoms with Crippen molar-refractivity contribution in [3.63, 3.8) is 0 Å². The monoisotopic (exact) mass is 332 g/mol. The molecule has 3 N–H and O–H groups in total. The summed E-state index contributed by atoms with van der Waals surface area (Å²) in [4.78, 5) is 0.849. The van der Waals surface area contributed by atoms with Gasteiger partial charge < -0.3 is 0 Å². The van der Waals surface area contributed by atoms with E-state index in [1.54, 1.807) is 6.92 Å². The minimum Gasteiger partial charge on any atom is -0.271 e. The molecule has 1 atom stereocenters. The van der Waals surface area contributed by atoms with Crippen LogP contribution in [0.25, 0.3) is 0 Å². The molecular weight excluding hydrogens is 322 g/mol. The average molecular weight is 333 g/mol. The van der Waals surface area contributed by atoms with Crippen molar-refractivity contribution in [2.24, 2.45) is 5.84 Å². The molecule has 2 nitrogen and oxygen atoms in total. The molecule has 18 heavy (non-hydrogen) atoms. The molecule has 96 valence electrons. The normalized spacial score (nSPS) is 12.7. The Kier molecular flexibility index (Phi) is 4.11. The van der Waals surface area contributed by atoms with E-state index in [9.17, 15) is 8.78 Å². The Balaban J connectivity index is 2.52. The molecule has 0 amide bonds. The first-order valence-electron chi connectivity index (χ1n) is 5.19. The molecule has 0 aliphatic rings. The van der Waals surface area contributed by atoms with E-state index in [-0.39, 0.29) is 0 Å². The molecular formula is C12H11BrF2N2S. The Morgan fingerprint density at radius 2 is 2.06 bits per heavy atom. The van der Waals surface area contributed by atoms with Gasteiger partial charge in [-0.05, 0) is 45.9 Å². The highest BCUT2D eigenvalue weighted by molar-refractivity contribution is 9.10. The van der Waals surface area contributed by atoms with Crippen LogP contribution >= 0.6 is 27.3 Å². The molecule has 0 radical (unpaired) electrons. The third kappa shape index (κ3) is 2.47. The fourth-order valence-electron chi connectivity index (χ4n) is 1.72. The Hall–Kier alpha value is -0.820. The molecule has 0 saturated heterocycles. The Bertz CT molecular complexity index is 571. The lowest BCUT2D eigenvalue weighted by molar-refractivity contribution is 0.540. The Labute approximate surface area is 116 Å². The molecule has 0 spiro atoms. The number of hydrazine groups is 1. The first-order valence-corrected chi connectivity index (χ1v) is 6.86. The van der Waals surface area contributed by atoms with Crippen LogP contribution in [-0.4, -0.2) is 0 Å².